The molecule has 0 spiro atoms. The number of benzene rings is 2. The Morgan fingerprint density at radius 1 is 1.17 bits per heavy atom. The Bertz CT molecular complexity index is 756. The van der Waals surface area contributed by atoms with Crippen molar-refractivity contribution < 1.29 is 23.1 Å². The number of nitrogens with one attached hydrogen (secondary N) is 1. The van der Waals surface area contributed by atoms with Gasteiger partial charge in [-0.05, 0) is 24.3 Å². The van der Waals surface area contributed by atoms with Crippen LogP contribution in [0.3, 0.4) is 0 Å². The molecule has 0 heterocycles. The topological polar surface area (TPSA) is 81.4 Å². The van der Waals surface area contributed by atoms with Crippen LogP contribution in [0.2, 0.25) is 0 Å². The molecule has 0 atom stereocenters. The van der Waals surface area contributed by atoms with E-state index in [0.717, 1.165) is 12.1 Å². The van der Waals surface area contributed by atoms with Crippen molar-refractivity contribution in [3.05, 3.63) is 54.1 Å². The molecule has 2 amide bonds. The Labute approximate surface area is 141 Å². The summed E-state index contributed by atoms with van der Waals surface area (Å²) in [6.45, 7) is -0.447. The molecule has 0 aliphatic rings. The number of primary amides is 1. The molecule has 0 aliphatic carbocycles. The first-order valence-electron chi connectivity index (χ1n) is 6.83. The van der Waals surface area contributed by atoms with Crippen LogP contribution in [-0.4, -0.2) is 24.2 Å². The predicted molar refractivity (Wildman–Crippen MR) is 86.8 cm³/mol. The lowest BCUT2D eigenvalue weighted by molar-refractivity contribution is -0.118. The van der Waals surface area contributed by atoms with Gasteiger partial charge >= 0.3 is 0 Å². The molecule has 24 heavy (non-hydrogen) atoms. The highest BCUT2D eigenvalue weighted by Gasteiger charge is 2.11. The Hall–Kier alpha value is -2.61. The van der Waals surface area contributed by atoms with E-state index in [4.69, 9.17) is 10.5 Å². The number of anilines is 1. The van der Waals surface area contributed by atoms with Crippen LogP contribution in [0, 0.1) is 11.6 Å². The number of hydrogen-bond acceptors (Lipinski definition) is 4. The monoisotopic (exact) mass is 352 g/mol. The summed E-state index contributed by atoms with van der Waals surface area (Å²) in [4.78, 5) is 23.4. The molecule has 2 rings (SSSR count). The van der Waals surface area contributed by atoms with Crippen molar-refractivity contribution in [2.45, 2.75) is 4.90 Å². The molecule has 0 fully saturated rings. The van der Waals surface area contributed by atoms with Crippen molar-refractivity contribution >= 4 is 29.3 Å². The second-order valence-electron chi connectivity index (χ2n) is 4.66. The number of amides is 2. The molecule has 3 N–H and O–H groups in total. The normalized spacial score (nSPS) is 10.2. The number of nitrogens with two attached hydrogens (primary N) is 1. The fraction of sp³-hybridized carbons (Fsp3) is 0.125. The van der Waals surface area contributed by atoms with Crippen LogP contribution < -0.4 is 15.8 Å². The summed E-state index contributed by atoms with van der Waals surface area (Å²) in [5, 5.41) is 2.60. The minimum Gasteiger partial charge on any atom is -0.481 e. The largest absolute Gasteiger partial charge is 0.481 e. The minimum atomic E-state index is -0.889. The van der Waals surface area contributed by atoms with Gasteiger partial charge in [0.1, 0.15) is 5.82 Å². The average molecular weight is 352 g/mol. The zero-order chi connectivity index (χ0) is 17.5. The molecule has 0 aliphatic heterocycles. The molecule has 5 nitrogen and oxygen atoms in total. The minimum absolute atomic E-state index is 0.0736. The number of hydrogen-bond donors (Lipinski definition) is 2. The Morgan fingerprint density at radius 3 is 2.62 bits per heavy atom. The molecule has 0 saturated carbocycles. The van der Waals surface area contributed by atoms with Gasteiger partial charge in [-0.2, -0.15) is 0 Å². The van der Waals surface area contributed by atoms with Gasteiger partial charge in [0.15, 0.2) is 18.2 Å². The Balaban J connectivity index is 1.96. The van der Waals surface area contributed by atoms with Crippen LogP contribution in [0.25, 0.3) is 0 Å². The molecule has 0 radical (unpaired) electrons. The summed E-state index contributed by atoms with van der Waals surface area (Å²) in [7, 11) is 0. The van der Waals surface area contributed by atoms with Crippen LogP contribution in [0.1, 0.15) is 0 Å². The van der Waals surface area contributed by atoms with Gasteiger partial charge in [0, 0.05) is 11.0 Å². The molecule has 0 aromatic heterocycles. The van der Waals surface area contributed by atoms with Crippen LogP contribution in [-0.2, 0) is 9.59 Å². The quantitative estimate of drug-likeness (QED) is 0.751. The highest BCUT2D eigenvalue weighted by molar-refractivity contribution is 8.00. The van der Waals surface area contributed by atoms with Crippen LogP contribution in [0.15, 0.2) is 47.4 Å². The smallest absolute Gasteiger partial charge is 0.262 e. The highest BCUT2D eigenvalue weighted by atomic mass is 32.2. The van der Waals surface area contributed by atoms with Crippen LogP contribution >= 0.6 is 11.8 Å². The zero-order valence-corrected chi connectivity index (χ0v) is 13.2. The Morgan fingerprint density at radius 2 is 1.92 bits per heavy atom. The van der Waals surface area contributed by atoms with Gasteiger partial charge in [-0.3, -0.25) is 9.59 Å². The SMILES string of the molecule is NC(=O)CSc1ccccc1NC(=O)COc1ccc(F)cc1F. The van der Waals surface area contributed by atoms with E-state index >= 15 is 0 Å². The number of thioether (sulfide) groups is 1. The van der Waals surface area contributed by atoms with Gasteiger partial charge in [-0.15, -0.1) is 11.8 Å². The van der Waals surface area contributed by atoms with E-state index in [9.17, 15) is 18.4 Å². The van der Waals surface area contributed by atoms with Crippen LogP contribution in [0.5, 0.6) is 5.75 Å². The van der Waals surface area contributed by atoms with Crippen molar-refractivity contribution in [3.8, 4) is 5.75 Å². The van der Waals surface area contributed by atoms with E-state index in [1.165, 1.54) is 11.8 Å². The molecule has 0 saturated heterocycles. The highest BCUT2D eigenvalue weighted by Crippen LogP contribution is 2.26. The van der Waals surface area contributed by atoms with E-state index in [1.807, 2.05) is 0 Å². The van der Waals surface area contributed by atoms with Gasteiger partial charge < -0.3 is 15.8 Å². The zero-order valence-electron chi connectivity index (χ0n) is 12.4. The van der Waals surface area contributed by atoms with Crippen molar-refractivity contribution in [3.63, 3.8) is 0 Å². The van der Waals surface area contributed by atoms with Crippen molar-refractivity contribution in [2.24, 2.45) is 5.73 Å². The van der Waals surface area contributed by atoms with Gasteiger partial charge in [0.25, 0.3) is 5.91 Å². The van der Waals surface area contributed by atoms with E-state index in [0.29, 0.717) is 16.6 Å². The maximum atomic E-state index is 13.4. The maximum absolute atomic E-state index is 13.4. The van der Waals surface area contributed by atoms with Gasteiger partial charge in [0.05, 0.1) is 11.4 Å². The molecule has 2 aromatic carbocycles. The number of carbonyl (C=O) groups excluding carboxylic acids is 2. The average Bonchev–Trinajstić information content (AvgIpc) is 2.53. The van der Waals surface area contributed by atoms with Crippen LogP contribution in [0.4, 0.5) is 14.5 Å². The second-order valence-corrected chi connectivity index (χ2v) is 5.68. The van der Waals surface area contributed by atoms with Crippen molar-refractivity contribution in [1.29, 1.82) is 0 Å². The van der Waals surface area contributed by atoms with E-state index in [-0.39, 0.29) is 11.5 Å². The molecular weight excluding hydrogens is 338 g/mol. The summed E-state index contributed by atoms with van der Waals surface area (Å²) in [5.74, 6) is -2.76. The third-order valence-electron chi connectivity index (χ3n) is 2.78. The van der Waals surface area contributed by atoms with Gasteiger partial charge in [0.2, 0.25) is 5.91 Å². The molecule has 0 bridgehead atoms. The lowest BCUT2D eigenvalue weighted by atomic mass is 10.3. The predicted octanol–water partition coefficient (Wildman–Crippen LogP) is 2.56. The molecule has 126 valence electrons. The van der Waals surface area contributed by atoms with E-state index in [1.54, 1.807) is 24.3 Å². The molecule has 8 heteroatoms. The maximum Gasteiger partial charge on any atom is 0.262 e. The lowest BCUT2D eigenvalue weighted by Gasteiger charge is -2.11. The van der Waals surface area contributed by atoms with Crippen molar-refractivity contribution in [1.82, 2.24) is 0 Å². The number of ether oxygens (including phenoxy) is 1. The Kier molecular flexibility index (Phi) is 6.14. The third kappa shape index (κ3) is 5.24. The van der Waals surface area contributed by atoms with E-state index < -0.39 is 30.1 Å². The lowest BCUT2D eigenvalue weighted by Crippen LogP contribution is -2.21. The summed E-state index contributed by atoms with van der Waals surface area (Å²) in [5.41, 5.74) is 5.58. The fourth-order valence-electron chi connectivity index (χ4n) is 1.77. The third-order valence-corrected chi connectivity index (χ3v) is 3.88. The molecular formula is C16H14F2N2O3S. The fourth-order valence-corrected chi connectivity index (χ4v) is 2.51. The van der Waals surface area contributed by atoms with Gasteiger partial charge in [-0.25, -0.2) is 8.78 Å². The second kappa shape index (κ2) is 8.30. The summed E-state index contributed by atoms with van der Waals surface area (Å²) < 4.78 is 31.3. The summed E-state index contributed by atoms with van der Waals surface area (Å²) in [6, 6.07) is 9.65. The number of carbonyl (C=O) groups is 2. The van der Waals surface area contributed by atoms with Gasteiger partial charge in [-0.1, -0.05) is 12.1 Å². The first-order chi connectivity index (χ1) is 11.5. The first-order valence-corrected chi connectivity index (χ1v) is 7.82. The number of rotatable bonds is 7. The first kappa shape index (κ1) is 17.7. The number of halogens is 2. The summed E-state index contributed by atoms with van der Waals surface area (Å²) in [6.07, 6.45) is 0. The number of para-hydroxylation sites is 1. The molecule has 0 unspecified atom stereocenters. The summed E-state index contributed by atoms with van der Waals surface area (Å²) >= 11 is 1.18. The van der Waals surface area contributed by atoms with E-state index in [2.05, 4.69) is 5.32 Å². The van der Waals surface area contributed by atoms with Crippen molar-refractivity contribution in [2.75, 3.05) is 17.7 Å². The standard InChI is InChI=1S/C16H14F2N2O3S/c17-10-5-6-13(11(18)7-10)23-8-16(22)20-12-3-1-2-4-14(12)24-9-15(19)21/h1-7H,8-9H2,(H2,19,21)(H,20,22). The molecule has 2 aromatic rings.